The molecule has 2 amide bonds. The number of amides is 2. The number of para-hydroxylation sites is 2. The molecule has 4 nitrogen and oxygen atoms in total. The Bertz CT molecular complexity index is 471. The van der Waals surface area contributed by atoms with E-state index in [4.69, 9.17) is 0 Å². The molecule has 0 spiro atoms. The minimum Gasteiger partial charge on any atom is -0.313 e. The second kappa shape index (κ2) is 5.21. The molecule has 96 valence electrons. The van der Waals surface area contributed by atoms with Gasteiger partial charge in [-0.15, -0.1) is 0 Å². The fourth-order valence-corrected chi connectivity index (χ4v) is 2.15. The number of anilines is 2. The maximum Gasteiger partial charge on any atom is 0.236 e. The molecule has 4 heteroatoms. The number of hydrogen-bond donors (Lipinski definition) is 0. The zero-order valence-corrected chi connectivity index (χ0v) is 10.8. The van der Waals surface area contributed by atoms with Gasteiger partial charge in [0.05, 0.1) is 11.4 Å². The first-order chi connectivity index (χ1) is 8.65. The van der Waals surface area contributed by atoms with E-state index in [1.54, 1.807) is 16.8 Å². The molecule has 1 aliphatic heterocycles. The Morgan fingerprint density at radius 1 is 1.11 bits per heavy atom. The molecule has 0 unspecified atom stereocenters. The Morgan fingerprint density at radius 3 is 2.44 bits per heavy atom. The van der Waals surface area contributed by atoms with Crippen LogP contribution in [0.2, 0.25) is 0 Å². The summed E-state index contributed by atoms with van der Waals surface area (Å²) in [5.41, 5.74) is 1.65. The molecule has 0 fully saturated rings. The van der Waals surface area contributed by atoms with E-state index < -0.39 is 0 Å². The zero-order valence-electron chi connectivity index (χ0n) is 10.8. The molecule has 0 radical (unpaired) electrons. The van der Waals surface area contributed by atoms with E-state index in [9.17, 15) is 9.59 Å². The highest BCUT2D eigenvalue weighted by Crippen LogP contribution is 2.32. The van der Waals surface area contributed by atoms with E-state index in [0.29, 0.717) is 6.54 Å². The molecule has 0 bridgehead atoms. The summed E-state index contributed by atoms with van der Waals surface area (Å²) >= 11 is 0. The standard InChI is InChI=1S/C14H18N2O2/c1-3-4-9-16-12-8-6-5-7-11(12)15(2)13(17)10-14(16)18/h5-8H,3-4,9-10H2,1-2H3. The van der Waals surface area contributed by atoms with E-state index in [-0.39, 0.29) is 18.2 Å². The van der Waals surface area contributed by atoms with Crippen LogP contribution in [0.3, 0.4) is 0 Å². The topological polar surface area (TPSA) is 40.6 Å². The first-order valence-corrected chi connectivity index (χ1v) is 6.31. The van der Waals surface area contributed by atoms with Gasteiger partial charge in [0.15, 0.2) is 0 Å². The van der Waals surface area contributed by atoms with E-state index in [1.807, 2.05) is 24.3 Å². The highest BCUT2D eigenvalue weighted by Gasteiger charge is 2.28. The lowest BCUT2D eigenvalue weighted by Crippen LogP contribution is -2.32. The minimum absolute atomic E-state index is 0.0467. The monoisotopic (exact) mass is 246 g/mol. The zero-order chi connectivity index (χ0) is 13.1. The molecule has 1 heterocycles. The third kappa shape index (κ3) is 2.23. The SMILES string of the molecule is CCCCN1C(=O)CC(=O)N(C)c2ccccc21. The second-order valence-corrected chi connectivity index (χ2v) is 4.52. The van der Waals surface area contributed by atoms with Crippen LogP contribution in [0.25, 0.3) is 0 Å². The lowest BCUT2D eigenvalue weighted by molar-refractivity contribution is -0.126. The van der Waals surface area contributed by atoms with Crippen LogP contribution in [0.1, 0.15) is 26.2 Å². The fraction of sp³-hybridized carbons (Fsp3) is 0.429. The number of hydrogen-bond acceptors (Lipinski definition) is 2. The van der Waals surface area contributed by atoms with Crippen molar-refractivity contribution in [3.05, 3.63) is 24.3 Å². The molecule has 1 aliphatic rings. The third-order valence-corrected chi connectivity index (χ3v) is 3.25. The summed E-state index contributed by atoms with van der Waals surface area (Å²) in [4.78, 5) is 27.3. The van der Waals surface area contributed by atoms with Crippen LogP contribution < -0.4 is 9.80 Å². The number of nitrogens with zero attached hydrogens (tertiary/aromatic N) is 2. The van der Waals surface area contributed by atoms with Crippen molar-refractivity contribution in [2.24, 2.45) is 0 Å². The van der Waals surface area contributed by atoms with Crippen LogP contribution in [0, 0.1) is 0 Å². The summed E-state index contributed by atoms with van der Waals surface area (Å²) < 4.78 is 0. The Labute approximate surface area is 107 Å². The summed E-state index contributed by atoms with van der Waals surface area (Å²) in [7, 11) is 1.72. The summed E-state index contributed by atoms with van der Waals surface area (Å²) in [6.07, 6.45) is 1.92. The highest BCUT2D eigenvalue weighted by atomic mass is 16.2. The molecular weight excluding hydrogens is 228 g/mol. The van der Waals surface area contributed by atoms with Gasteiger partial charge in [-0.3, -0.25) is 9.59 Å². The van der Waals surface area contributed by atoms with Gasteiger partial charge in [-0.25, -0.2) is 0 Å². The smallest absolute Gasteiger partial charge is 0.236 e. The van der Waals surface area contributed by atoms with Gasteiger partial charge in [-0.2, -0.15) is 0 Å². The van der Waals surface area contributed by atoms with Crippen LogP contribution in [0.4, 0.5) is 11.4 Å². The lowest BCUT2D eigenvalue weighted by Gasteiger charge is -2.23. The molecule has 0 saturated heterocycles. The average molecular weight is 246 g/mol. The van der Waals surface area contributed by atoms with Gasteiger partial charge in [0.1, 0.15) is 6.42 Å². The number of carbonyl (C=O) groups excluding carboxylic acids is 2. The normalized spacial score (nSPS) is 15.7. The van der Waals surface area contributed by atoms with Gasteiger partial charge in [-0.05, 0) is 18.6 Å². The molecule has 0 N–H and O–H groups in total. The third-order valence-electron chi connectivity index (χ3n) is 3.25. The lowest BCUT2D eigenvalue weighted by atomic mass is 10.2. The van der Waals surface area contributed by atoms with Crippen molar-refractivity contribution in [1.29, 1.82) is 0 Å². The summed E-state index contributed by atoms with van der Waals surface area (Å²) in [5.74, 6) is -0.253. The van der Waals surface area contributed by atoms with Gasteiger partial charge in [0, 0.05) is 13.6 Å². The van der Waals surface area contributed by atoms with Crippen molar-refractivity contribution in [2.45, 2.75) is 26.2 Å². The van der Waals surface area contributed by atoms with Gasteiger partial charge < -0.3 is 9.80 Å². The number of benzene rings is 1. The maximum absolute atomic E-state index is 12.1. The molecule has 0 aliphatic carbocycles. The van der Waals surface area contributed by atoms with Crippen molar-refractivity contribution in [2.75, 3.05) is 23.4 Å². The van der Waals surface area contributed by atoms with E-state index in [1.165, 1.54) is 0 Å². The molecule has 18 heavy (non-hydrogen) atoms. The van der Waals surface area contributed by atoms with Crippen molar-refractivity contribution in [1.82, 2.24) is 0 Å². The minimum atomic E-state index is -0.147. The van der Waals surface area contributed by atoms with Crippen molar-refractivity contribution in [3.8, 4) is 0 Å². The predicted octanol–water partition coefficient (Wildman–Crippen LogP) is 2.19. The maximum atomic E-state index is 12.1. The van der Waals surface area contributed by atoms with Gasteiger partial charge in [0.2, 0.25) is 11.8 Å². The van der Waals surface area contributed by atoms with Crippen LogP contribution >= 0.6 is 0 Å². The summed E-state index contributed by atoms with van der Waals surface area (Å²) in [5, 5.41) is 0. The van der Waals surface area contributed by atoms with Crippen LogP contribution in [0.5, 0.6) is 0 Å². The van der Waals surface area contributed by atoms with Crippen molar-refractivity contribution in [3.63, 3.8) is 0 Å². The van der Waals surface area contributed by atoms with E-state index in [2.05, 4.69) is 6.92 Å². The van der Waals surface area contributed by atoms with E-state index in [0.717, 1.165) is 24.2 Å². The molecule has 1 aromatic rings. The molecular formula is C14H18N2O2. The Morgan fingerprint density at radius 2 is 1.78 bits per heavy atom. The molecule has 1 aromatic carbocycles. The van der Waals surface area contributed by atoms with Gasteiger partial charge in [-0.1, -0.05) is 25.5 Å². The number of carbonyl (C=O) groups is 2. The van der Waals surface area contributed by atoms with E-state index >= 15 is 0 Å². The van der Waals surface area contributed by atoms with Crippen LogP contribution in [0.15, 0.2) is 24.3 Å². The number of unbranched alkanes of at least 4 members (excludes halogenated alkanes) is 1. The molecule has 0 atom stereocenters. The summed E-state index contributed by atoms with van der Waals surface area (Å²) in [6.45, 7) is 2.76. The first-order valence-electron chi connectivity index (χ1n) is 6.31. The first kappa shape index (κ1) is 12.6. The predicted molar refractivity (Wildman–Crippen MR) is 71.7 cm³/mol. The molecule has 0 saturated carbocycles. The molecule has 0 aromatic heterocycles. The largest absolute Gasteiger partial charge is 0.313 e. The second-order valence-electron chi connectivity index (χ2n) is 4.52. The van der Waals surface area contributed by atoms with Gasteiger partial charge >= 0.3 is 0 Å². The van der Waals surface area contributed by atoms with Crippen LogP contribution in [-0.2, 0) is 9.59 Å². The Kier molecular flexibility index (Phi) is 3.65. The fourth-order valence-electron chi connectivity index (χ4n) is 2.15. The highest BCUT2D eigenvalue weighted by molar-refractivity contribution is 6.15. The summed E-state index contributed by atoms with van der Waals surface area (Å²) in [6, 6.07) is 7.56. The van der Waals surface area contributed by atoms with Gasteiger partial charge in [0.25, 0.3) is 0 Å². The number of fused-ring (bicyclic) bond motifs is 1. The number of rotatable bonds is 3. The molecule has 2 rings (SSSR count). The van der Waals surface area contributed by atoms with Crippen molar-refractivity contribution >= 4 is 23.2 Å². The average Bonchev–Trinajstić information content (AvgIpc) is 2.46. The quantitative estimate of drug-likeness (QED) is 0.767. The Hall–Kier alpha value is -1.84. The van der Waals surface area contributed by atoms with Crippen LogP contribution in [-0.4, -0.2) is 25.4 Å². The Balaban J connectivity index is 2.43. The van der Waals surface area contributed by atoms with Crippen molar-refractivity contribution < 1.29 is 9.59 Å².